The number of hydrogen-bond acceptors (Lipinski definition) is 2. The lowest BCUT2D eigenvalue weighted by Crippen LogP contribution is -2.25. The molecule has 0 radical (unpaired) electrons. The Hall–Kier alpha value is -0.900. The zero-order chi connectivity index (χ0) is 10.6. The van der Waals surface area contributed by atoms with Crippen molar-refractivity contribution in [2.75, 3.05) is 0 Å². The summed E-state index contributed by atoms with van der Waals surface area (Å²) in [4.78, 5) is 4.21. The van der Waals surface area contributed by atoms with Crippen LogP contribution in [0.2, 0.25) is 0 Å². The maximum absolute atomic E-state index is 13.7. The van der Waals surface area contributed by atoms with Crippen molar-refractivity contribution in [2.24, 2.45) is 12.8 Å². The van der Waals surface area contributed by atoms with E-state index in [2.05, 4.69) is 4.98 Å². The van der Waals surface area contributed by atoms with Crippen molar-refractivity contribution >= 4 is 0 Å². The summed E-state index contributed by atoms with van der Waals surface area (Å²) in [5.74, 6) is 0.804. The molecular formula is C10H16FN3. The minimum atomic E-state index is -1.36. The van der Waals surface area contributed by atoms with Crippen LogP contribution in [0, 0.1) is 0 Å². The Morgan fingerprint density at radius 3 is 2.50 bits per heavy atom. The van der Waals surface area contributed by atoms with E-state index >= 15 is 0 Å². The number of halogens is 1. The van der Waals surface area contributed by atoms with Crippen LogP contribution in [0.3, 0.4) is 0 Å². The third-order valence-electron chi connectivity index (χ3n) is 2.83. The van der Waals surface area contributed by atoms with Crippen LogP contribution >= 0.6 is 0 Å². The van der Waals surface area contributed by atoms with Gasteiger partial charge in [-0.25, -0.2) is 9.37 Å². The van der Waals surface area contributed by atoms with Crippen LogP contribution in [0.25, 0.3) is 0 Å². The molecule has 0 atom stereocenters. The maximum atomic E-state index is 13.7. The lowest BCUT2D eigenvalue weighted by atomic mass is 10.1. The summed E-state index contributed by atoms with van der Waals surface area (Å²) in [6, 6.07) is 0. The molecule has 78 valence electrons. The average molecular weight is 197 g/mol. The Balaban J connectivity index is 2.43. The predicted octanol–water partition coefficient (Wildman–Crippen LogP) is 1.57. The number of aromatic nitrogens is 2. The predicted molar refractivity (Wildman–Crippen MR) is 52.4 cm³/mol. The molecule has 0 amide bonds. The highest BCUT2D eigenvalue weighted by atomic mass is 19.1. The van der Waals surface area contributed by atoms with E-state index in [1.165, 1.54) is 13.8 Å². The molecule has 2 rings (SSSR count). The zero-order valence-corrected chi connectivity index (χ0v) is 8.84. The van der Waals surface area contributed by atoms with Gasteiger partial charge in [0.15, 0.2) is 0 Å². The van der Waals surface area contributed by atoms with E-state index in [0.717, 1.165) is 18.7 Å². The molecule has 0 bridgehead atoms. The standard InChI is InChI=1S/C10H16FN3/c1-9(2,11)7-6-13-8(14(7)3)10(12)4-5-10/h6H,4-5,12H2,1-3H3. The molecule has 0 saturated heterocycles. The Labute approximate surface area is 83.1 Å². The largest absolute Gasteiger partial charge is 0.331 e. The normalized spacial score (nSPS) is 19.8. The molecule has 1 heterocycles. The Morgan fingerprint density at radius 2 is 2.14 bits per heavy atom. The summed E-state index contributed by atoms with van der Waals surface area (Å²) in [7, 11) is 1.83. The van der Waals surface area contributed by atoms with Crippen LogP contribution in [0.15, 0.2) is 6.20 Å². The Bertz CT molecular complexity index is 335. The quantitative estimate of drug-likeness (QED) is 0.782. The molecule has 0 unspecified atom stereocenters. The molecule has 0 aromatic carbocycles. The molecular weight excluding hydrogens is 181 g/mol. The van der Waals surface area contributed by atoms with E-state index in [1.807, 2.05) is 7.05 Å². The molecule has 1 aromatic rings. The van der Waals surface area contributed by atoms with Crippen LogP contribution < -0.4 is 5.73 Å². The van der Waals surface area contributed by atoms with E-state index in [-0.39, 0.29) is 5.54 Å². The van der Waals surface area contributed by atoms with Crippen LogP contribution in [-0.2, 0) is 18.3 Å². The van der Waals surface area contributed by atoms with Gasteiger partial charge in [-0.3, -0.25) is 0 Å². The first kappa shape index (κ1) is 9.65. The Kier molecular flexibility index (Phi) is 1.77. The number of alkyl halides is 1. The molecule has 1 aliphatic carbocycles. The molecule has 1 aromatic heterocycles. The highest BCUT2D eigenvalue weighted by molar-refractivity contribution is 5.22. The van der Waals surface area contributed by atoms with Gasteiger partial charge in [0.25, 0.3) is 0 Å². The fourth-order valence-electron chi connectivity index (χ4n) is 1.78. The number of nitrogens with zero attached hydrogens (tertiary/aromatic N) is 2. The Morgan fingerprint density at radius 1 is 1.57 bits per heavy atom. The van der Waals surface area contributed by atoms with Crippen molar-refractivity contribution in [2.45, 2.75) is 37.9 Å². The van der Waals surface area contributed by atoms with Crippen LogP contribution in [0.4, 0.5) is 4.39 Å². The summed E-state index contributed by atoms with van der Waals surface area (Å²) >= 11 is 0. The van der Waals surface area contributed by atoms with Gasteiger partial charge in [0.05, 0.1) is 17.4 Å². The van der Waals surface area contributed by atoms with E-state index < -0.39 is 5.67 Å². The fourth-order valence-corrected chi connectivity index (χ4v) is 1.78. The fraction of sp³-hybridized carbons (Fsp3) is 0.700. The minimum absolute atomic E-state index is 0.293. The zero-order valence-electron chi connectivity index (χ0n) is 8.84. The summed E-state index contributed by atoms with van der Waals surface area (Å²) < 4.78 is 15.5. The monoisotopic (exact) mass is 197 g/mol. The topological polar surface area (TPSA) is 43.8 Å². The van der Waals surface area contributed by atoms with Gasteiger partial charge in [0, 0.05) is 7.05 Å². The summed E-state index contributed by atoms with van der Waals surface area (Å²) in [6.07, 6.45) is 3.48. The molecule has 4 heteroatoms. The maximum Gasteiger partial charge on any atom is 0.146 e. The van der Waals surface area contributed by atoms with Gasteiger partial charge < -0.3 is 10.3 Å². The highest BCUT2D eigenvalue weighted by Crippen LogP contribution is 2.42. The molecule has 14 heavy (non-hydrogen) atoms. The number of hydrogen-bond donors (Lipinski definition) is 1. The van der Waals surface area contributed by atoms with Crippen LogP contribution in [0.1, 0.15) is 38.2 Å². The van der Waals surface area contributed by atoms with Crippen molar-refractivity contribution < 1.29 is 4.39 Å². The van der Waals surface area contributed by atoms with Gasteiger partial charge >= 0.3 is 0 Å². The summed E-state index contributed by atoms with van der Waals surface area (Å²) in [5.41, 5.74) is 4.96. The van der Waals surface area contributed by atoms with Crippen LogP contribution in [0.5, 0.6) is 0 Å². The number of imidazole rings is 1. The number of rotatable bonds is 2. The van der Waals surface area contributed by atoms with Crippen molar-refractivity contribution in [3.8, 4) is 0 Å². The number of nitrogens with two attached hydrogens (primary N) is 1. The second-order valence-corrected chi connectivity index (χ2v) is 4.65. The van der Waals surface area contributed by atoms with Gasteiger partial charge in [-0.2, -0.15) is 0 Å². The highest BCUT2D eigenvalue weighted by Gasteiger charge is 2.44. The van der Waals surface area contributed by atoms with Crippen molar-refractivity contribution in [3.05, 3.63) is 17.7 Å². The van der Waals surface area contributed by atoms with Gasteiger partial charge in [-0.15, -0.1) is 0 Å². The summed E-state index contributed by atoms with van der Waals surface area (Å²) in [5, 5.41) is 0. The second-order valence-electron chi connectivity index (χ2n) is 4.65. The van der Waals surface area contributed by atoms with Gasteiger partial charge in [0.1, 0.15) is 11.5 Å². The van der Waals surface area contributed by atoms with Crippen molar-refractivity contribution in [1.29, 1.82) is 0 Å². The van der Waals surface area contributed by atoms with E-state index in [0.29, 0.717) is 5.69 Å². The lowest BCUT2D eigenvalue weighted by Gasteiger charge is -2.17. The third-order valence-corrected chi connectivity index (χ3v) is 2.83. The lowest BCUT2D eigenvalue weighted by molar-refractivity contribution is 0.208. The van der Waals surface area contributed by atoms with Gasteiger partial charge in [-0.05, 0) is 26.7 Å². The van der Waals surface area contributed by atoms with E-state index in [9.17, 15) is 4.39 Å². The first-order chi connectivity index (χ1) is 6.34. The molecule has 0 spiro atoms. The first-order valence-electron chi connectivity index (χ1n) is 4.85. The summed E-state index contributed by atoms with van der Waals surface area (Å²) in [6.45, 7) is 3.06. The average Bonchev–Trinajstić information content (AvgIpc) is 2.60. The molecule has 1 aliphatic rings. The van der Waals surface area contributed by atoms with E-state index in [1.54, 1.807) is 10.8 Å². The third kappa shape index (κ3) is 1.34. The SMILES string of the molecule is Cn1c(C(C)(C)F)cnc1C1(N)CC1. The molecule has 1 fully saturated rings. The molecule has 1 saturated carbocycles. The van der Waals surface area contributed by atoms with Gasteiger partial charge in [-0.1, -0.05) is 0 Å². The first-order valence-corrected chi connectivity index (χ1v) is 4.85. The smallest absolute Gasteiger partial charge is 0.146 e. The minimum Gasteiger partial charge on any atom is -0.331 e. The van der Waals surface area contributed by atoms with Crippen molar-refractivity contribution in [1.82, 2.24) is 9.55 Å². The van der Waals surface area contributed by atoms with Crippen LogP contribution in [-0.4, -0.2) is 9.55 Å². The second kappa shape index (κ2) is 2.57. The van der Waals surface area contributed by atoms with E-state index in [4.69, 9.17) is 5.73 Å². The van der Waals surface area contributed by atoms with Crippen molar-refractivity contribution in [3.63, 3.8) is 0 Å². The van der Waals surface area contributed by atoms with Gasteiger partial charge in [0.2, 0.25) is 0 Å². The molecule has 2 N–H and O–H groups in total. The molecule has 3 nitrogen and oxygen atoms in total. The molecule has 0 aliphatic heterocycles.